The van der Waals surface area contributed by atoms with Gasteiger partial charge in [-0.2, -0.15) is 0 Å². The average molecular weight is 238 g/mol. The Balaban J connectivity index is 1.85. The molecule has 0 aliphatic heterocycles. The molecule has 0 heterocycles. The van der Waals surface area contributed by atoms with E-state index in [0.717, 1.165) is 18.8 Å². The van der Waals surface area contributed by atoms with E-state index in [0.29, 0.717) is 11.3 Å². The summed E-state index contributed by atoms with van der Waals surface area (Å²) in [7, 11) is 0. The van der Waals surface area contributed by atoms with E-state index >= 15 is 0 Å². The van der Waals surface area contributed by atoms with E-state index in [1.165, 1.54) is 44.9 Å². The molecule has 17 heavy (non-hydrogen) atoms. The molecule has 1 N–H and O–H groups in total. The zero-order valence-corrected chi connectivity index (χ0v) is 12.0. The molecule has 2 unspecified atom stereocenters. The Labute approximate surface area is 107 Å². The second-order valence-corrected chi connectivity index (χ2v) is 7.56. The summed E-state index contributed by atoms with van der Waals surface area (Å²) in [6.45, 7) is 6.95. The van der Waals surface area contributed by atoms with Crippen LogP contribution < -0.4 is 0 Å². The molecule has 0 amide bonds. The quantitative estimate of drug-likeness (QED) is 0.765. The fourth-order valence-electron chi connectivity index (χ4n) is 4.05. The molecule has 0 spiro atoms. The summed E-state index contributed by atoms with van der Waals surface area (Å²) in [5.41, 5.74) is 0.0944. The fraction of sp³-hybridized carbons (Fsp3) is 1.00. The zero-order chi connectivity index (χ0) is 12.5. The first-order valence-electron chi connectivity index (χ1n) is 7.64. The van der Waals surface area contributed by atoms with Gasteiger partial charge in [-0.1, -0.05) is 46.5 Å². The van der Waals surface area contributed by atoms with E-state index in [2.05, 4.69) is 20.8 Å². The minimum atomic E-state index is -0.349. The lowest BCUT2D eigenvalue weighted by molar-refractivity contribution is -0.0798. The Kier molecular flexibility index (Phi) is 3.87. The molecule has 0 radical (unpaired) electrons. The minimum Gasteiger partial charge on any atom is -0.390 e. The van der Waals surface area contributed by atoms with Gasteiger partial charge in [0.05, 0.1) is 5.60 Å². The summed E-state index contributed by atoms with van der Waals surface area (Å²) in [6, 6.07) is 0. The SMILES string of the molecule is CC1CC(C)(C)CCC1(O)CCC1CCCC1. The predicted octanol–water partition coefficient (Wildman–Crippen LogP) is 4.53. The molecule has 0 bridgehead atoms. The molecule has 2 rings (SSSR count). The molecule has 1 nitrogen and oxygen atoms in total. The van der Waals surface area contributed by atoms with Gasteiger partial charge in [-0.15, -0.1) is 0 Å². The number of rotatable bonds is 3. The summed E-state index contributed by atoms with van der Waals surface area (Å²) < 4.78 is 0. The first kappa shape index (κ1) is 13.4. The molecule has 2 fully saturated rings. The number of hydrogen-bond donors (Lipinski definition) is 1. The second-order valence-electron chi connectivity index (χ2n) is 7.56. The number of hydrogen-bond acceptors (Lipinski definition) is 1. The lowest BCUT2D eigenvalue weighted by Crippen LogP contribution is -2.44. The first-order valence-corrected chi connectivity index (χ1v) is 7.64. The van der Waals surface area contributed by atoms with Gasteiger partial charge in [0.2, 0.25) is 0 Å². The maximum absolute atomic E-state index is 10.8. The number of aliphatic hydroxyl groups is 1. The van der Waals surface area contributed by atoms with Crippen LogP contribution in [0.1, 0.15) is 78.6 Å². The highest BCUT2D eigenvalue weighted by Gasteiger charge is 2.42. The molecule has 0 saturated heterocycles. The van der Waals surface area contributed by atoms with Crippen LogP contribution in [0.2, 0.25) is 0 Å². The zero-order valence-electron chi connectivity index (χ0n) is 12.0. The van der Waals surface area contributed by atoms with E-state index in [1.54, 1.807) is 0 Å². The van der Waals surface area contributed by atoms with Crippen molar-refractivity contribution in [2.24, 2.45) is 17.3 Å². The van der Waals surface area contributed by atoms with E-state index in [4.69, 9.17) is 0 Å². The molecule has 0 aromatic rings. The molecule has 100 valence electrons. The van der Waals surface area contributed by atoms with Gasteiger partial charge in [0.1, 0.15) is 0 Å². The van der Waals surface area contributed by atoms with Gasteiger partial charge in [-0.05, 0) is 49.4 Å². The van der Waals surface area contributed by atoms with Crippen LogP contribution in [0.5, 0.6) is 0 Å². The Morgan fingerprint density at radius 2 is 1.76 bits per heavy atom. The van der Waals surface area contributed by atoms with Crippen LogP contribution >= 0.6 is 0 Å². The molecular weight excluding hydrogens is 208 g/mol. The van der Waals surface area contributed by atoms with Crippen LogP contribution in [0.3, 0.4) is 0 Å². The monoisotopic (exact) mass is 238 g/mol. The molecule has 2 atom stereocenters. The van der Waals surface area contributed by atoms with Crippen molar-refractivity contribution in [3.8, 4) is 0 Å². The van der Waals surface area contributed by atoms with Crippen LogP contribution in [0, 0.1) is 17.3 Å². The third-order valence-corrected chi connectivity index (χ3v) is 5.47. The molecule has 0 aromatic heterocycles. The van der Waals surface area contributed by atoms with Gasteiger partial charge in [0.15, 0.2) is 0 Å². The van der Waals surface area contributed by atoms with Gasteiger partial charge < -0.3 is 5.11 Å². The lowest BCUT2D eigenvalue weighted by atomic mass is 9.64. The Bertz CT molecular complexity index is 252. The van der Waals surface area contributed by atoms with Crippen LogP contribution in [0.4, 0.5) is 0 Å². The fourth-order valence-corrected chi connectivity index (χ4v) is 4.05. The highest BCUT2D eigenvalue weighted by molar-refractivity contribution is 4.94. The maximum atomic E-state index is 10.8. The Morgan fingerprint density at radius 3 is 2.35 bits per heavy atom. The van der Waals surface area contributed by atoms with Gasteiger partial charge >= 0.3 is 0 Å². The molecule has 1 heteroatoms. The Hall–Kier alpha value is -0.0400. The lowest BCUT2D eigenvalue weighted by Gasteiger charge is -2.45. The van der Waals surface area contributed by atoms with Crippen LogP contribution in [0.15, 0.2) is 0 Å². The van der Waals surface area contributed by atoms with Crippen molar-refractivity contribution in [2.75, 3.05) is 0 Å². The largest absolute Gasteiger partial charge is 0.390 e. The summed E-state index contributed by atoms with van der Waals surface area (Å²) in [6.07, 6.45) is 11.4. The molecule has 2 saturated carbocycles. The van der Waals surface area contributed by atoms with Crippen molar-refractivity contribution < 1.29 is 5.11 Å². The van der Waals surface area contributed by atoms with Crippen LogP contribution in [-0.2, 0) is 0 Å². The molecule has 2 aliphatic rings. The molecule has 0 aromatic carbocycles. The van der Waals surface area contributed by atoms with Crippen LogP contribution in [-0.4, -0.2) is 10.7 Å². The highest BCUT2D eigenvalue weighted by Crippen LogP contribution is 2.46. The van der Waals surface area contributed by atoms with E-state index < -0.39 is 0 Å². The average Bonchev–Trinajstić information content (AvgIpc) is 2.74. The van der Waals surface area contributed by atoms with Crippen molar-refractivity contribution in [1.82, 2.24) is 0 Å². The van der Waals surface area contributed by atoms with Gasteiger partial charge in [-0.25, -0.2) is 0 Å². The van der Waals surface area contributed by atoms with Gasteiger partial charge in [-0.3, -0.25) is 0 Å². The summed E-state index contributed by atoms with van der Waals surface area (Å²) >= 11 is 0. The summed E-state index contributed by atoms with van der Waals surface area (Å²) in [5, 5.41) is 10.8. The first-order chi connectivity index (χ1) is 7.91. The smallest absolute Gasteiger partial charge is 0.0673 e. The topological polar surface area (TPSA) is 20.2 Å². The van der Waals surface area contributed by atoms with E-state index in [-0.39, 0.29) is 5.60 Å². The second kappa shape index (κ2) is 4.91. The van der Waals surface area contributed by atoms with Crippen molar-refractivity contribution >= 4 is 0 Å². The van der Waals surface area contributed by atoms with Gasteiger partial charge in [0.25, 0.3) is 0 Å². The minimum absolute atomic E-state index is 0.349. The summed E-state index contributed by atoms with van der Waals surface area (Å²) in [4.78, 5) is 0. The predicted molar refractivity (Wildman–Crippen MR) is 72.9 cm³/mol. The Morgan fingerprint density at radius 1 is 1.12 bits per heavy atom. The maximum Gasteiger partial charge on any atom is 0.0673 e. The van der Waals surface area contributed by atoms with Crippen LogP contribution in [0.25, 0.3) is 0 Å². The van der Waals surface area contributed by atoms with Crippen molar-refractivity contribution in [3.63, 3.8) is 0 Å². The van der Waals surface area contributed by atoms with E-state index in [1.807, 2.05) is 0 Å². The third kappa shape index (κ3) is 3.24. The standard InChI is InChI=1S/C16H30O/c1-13-12-15(2,3)10-11-16(13,17)9-8-14-6-4-5-7-14/h13-14,17H,4-12H2,1-3H3. The van der Waals surface area contributed by atoms with Gasteiger partial charge in [0, 0.05) is 0 Å². The third-order valence-electron chi connectivity index (χ3n) is 5.47. The normalized spacial score (nSPS) is 38.5. The van der Waals surface area contributed by atoms with Crippen molar-refractivity contribution in [3.05, 3.63) is 0 Å². The van der Waals surface area contributed by atoms with E-state index in [9.17, 15) is 5.11 Å². The highest BCUT2D eigenvalue weighted by atomic mass is 16.3. The van der Waals surface area contributed by atoms with Crippen molar-refractivity contribution in [2.45, 2.75) is 84.2 Å². The summed E-state index contributed by atoms with van der Waals surface area (Å²) in [5.74, 6) is 1.40. The molecule has 2 aliphatic carbocycles. The molecular formula is C16H30O. The van der Waals surface area contributed by atoms with Crippen molar-refractivity contribution in [1.29, 1.82) is 0 Å².